The average Bonchev–Trinajstić information content (AvgIpc) is 2.76. The molecule has 0 atom stereocenters. The molecule has 1 aromatic carbocycles. The van der Waals surface area contributed by atoms with Crippen LogP contribution in [0.5, 0.6) is 0 Å². The lowest BCUT2D eigenvalue weighted by atomic mass is 10.0. The molecule has 3 nitrogen and oxygen atoms in total. The Morgan fingerprint density at radius 3 is 2.63 bits per heavy atom. The van der Waals surface area contributed by atoms with Gasteiger partial charge in [-0.1, -0.05) is 12.1 Å². The monoisotopic (exact) mass is 256 g/mol. The maximum atomic E-state index is 12.8. The van der Waals surface area contributed by atoms with Gasteiger partial charge in [0.15, 0.2) is 0 Å². The number of nitrogens with zero attached hydrogens (tertiary/aromatic N) is 1. The number of fused-ring (bicyclic) bond motifs is 1. The number of hydrogen-bond donors (Lipinski definition) is 1. The number of carbonyl (C=O) groups excluding carboxylic acids is 1. The van der Waals surface area contributed by atoms with Crippen LogP contribution in [0.15, 0.2) is 18.2 Å². The van der Waals surface area contributed by atoms with Crippen LogP contribution in [0.3, 0.4) is 0 Å². The summed E-state index contributed by atoms with van der Waals surface area (Å²) in [6, 6.07) is 6.15. The number of hydrogen-bond acceptors (Lipinski definition) is 1. The van der Waals surface area contributed by atoms with Gasteiger partial charge in [-0.3, -0.25) is 4.79 Å². The second-order valence-corrected chi connectivity index (χ2v) is 5.48. The molecule has 1 amide bonds. The molecule has 0 bridgehead atoms. The summed E-state index contributed by atoms with van der Waals surface area (Å²) in [5.74, 6) is 0.192. The Kier molecular flexibility index (Phi) is 3.05. The number of amides is 1. The molecular formula is C16H20N2O. The quantitative estimate of drug-likeness (QED) is 0.834. The Hall–Kier alpha value is -1.77. The summed E-state index contributed by atoms with van der Waals surface area (Å²) in [5, 5.41) is 1.09. The summed E-state index contributed by atoms with van der Waals surface area (Å²) in [6.45, 7) is 5.87. The number of benzene rings is 1. The van der Waals surface area contributed by atoms with E-state index in [-0.39, 0.29) is 5.91 Å². The van der Waals surface area contributed by atoms with E-state index in [2.05, 4.69) is 18.0 Å². The van der Waals surface area contributed by atoms with Crippen molar-refractivity contribution < 1.29 is 4.79 Å². The summed E-state index contributed by atoms with van der Waals surface area (Å²) < 4.78 is 0. The lowest BCUT2D eigenvalue weighted by Crippen LogP contribution is -2.35. The Balaban J connectivity index is 2.08. The van der Waals surface area contributed by atoms with Gasteiger partial charge < -0.3 is 9.88 Å². The van der Waals surface area contributed by atoms with Gasteiger partial charge in [0.1, 0.15) is 0 Å². The highest BCUT2D eigenvalue weighted by Gasteiger charge is 2.23. The van der Waals surface area contributed by atoms with Crippen LogP contribution < -0.4 is 0 Å². The number of piperidine rings is 1. The highest BCUT2D eigenvalue weighted by molar-refractivity contribution is 6.09. The maximum absolute atomic E-state index is 12.8. The second kappa shape index (κ2) is 4.72. The smallest absolute Gasteiger partial charge is 0.256 e. The first-order valence-electron chi connectivity index (χ1n) is 7.05. The molecule has 0 aliphatic carbocycles. The molecule has 19 heavy (non-hydrogen) atoms. The van der Waals surface area contributed by atoms with Gasteiger partial charge in [0, 0.05) is 29.7 Å². The van der Waals surface area contributed by atoms with Gasteiger partial charge in [-0.15, -0.1) is 0 Å². The number of aryl methyl sites for hydroxylation is 2. The molecule has 1 aromatic heterocycles. The van der Waals surface area contributed by atoms with Gasteiger partial charge in [0.05, 0.1) is 5.56 Å². The van der Waals surface area contributed by atoms with Crippen molar-refractivity contribution in [2.75, 3.05) is 13.1 Å². The van der Waals surface area contributed by atoms with Gasteiger partial charge in [-0.05, 0) is 44.7 Å². The highest BCUT2D eigenvalue weighted by atomic mass is 16.2. The van der Waals surface area contributed by atoms with Crippen molar-refractivity contribution in [2.24, 2.45) is 0 Å². The van der Waals surface area contributed by atoms with E-state index < -0.39 is 0 Å². The molecule has 0 unspecified atom stereocenters. The van der Waals surface area contributed by atoms with Crippen molar-refractivity contribution in [3.8, 4) is 0 Å². The normalized spacial score (nSPS) is 16.0. The van der Waals surface area contributed by atoms with E-state index in [1.54, 1.807) is 0 Å². The number of H-pyrrole nitrogens is 1. The molecule has 1 fully saturated rings. The van der Waals surface area contributed by atoms with E-state index in [4.69, 9.17) is 0 Å². The molecule has 3 heteroatoms. The van der Waals surface area contributed by atoms with Gasteiger partial charge in [-0.25, -0.2) is 0 Å². The third-order valence-corrected chi connectivity index (χ3v) is 4.08. The van der Waals surface area contributed by atoms with Crippen LogP contribution in [0.1, 0.15) is 40.9 Å². The first-order valence-corrected chi connectivity index (χ1v) is 7.05. The molecule has 0 saturated carbocycles. The minimum atomic E-state index is 0.192. The lowest BCUT2D eigenvalue weighted by Gasteiger charge is -2.27. The summed E-state index contributed by atoms with van der Waals surface area (Å²) in [4.78, 5) is 18.1. The maximum Gasteiger partial charge on any atom is 0.256 e. The van der Waals surface area contributed by atoms with Crippen LogP contribution in [0, 0.1) is 13.8 Å². The summed E-state index contributed by atoms with van der Waals surface area (Å²) >= 11 is 0. The molecule has 3 rings (SSSR count). The van der Waals surface area contributed by atoms with E-state index in [9.17, 15) is 4.79 Å². The van der Waals surface area contributed by atoms with Gasteiger partial charge in [0.25, 0.3) is 5.91 Å². The Labute approximate surface area is 113 Å². The van der Waals surface area contributed by atoms with Crippen LogP contribution in [-0.2, 0) is 0 Å². The molecule has 2 heterocycles. The fourth-order valence-electron chi connectivity index (χ4n) is 3.08. The standard InChI is InChI=1S/C16H20N2O/c1-11-7-6-8-13-14(11)15(12(2)17-13)16(19)18-9-4-3-5-10-18/h6-8,17H,3-5,9-10H2,1-2H3. The second-order valence-electron chi connectivity index (χ2n) is 5.48. The molecule has 1 saturated heterocycles. The van der Waals surface area contributed by atoms with E-state index in [1.165, 1.54) is 12.0 Å². The van der Waals surface area contributed by atoms with Crippen LogP contribution in [0.4, 0.5) is 0 Å². The fourth-order valence-corrected chi connectivity index (χ4v) is 3.08. The number of nitrogens with one attached hydrogen (secondary N) is 1. The number of aromatic amines is 1. The van der Waals surface area contributed by atoms with Gasteiger partial charge >= 0.3 is 0 Å². The van der Waals surface area contributed by atoms with Crippen molar-refractivity contribution in [2.45, 2.75) is 33.1 Å². The van der Waals surface area contributed by atoms with Crippen LogP contribution in [0.2, 0.25) is 0 Å². The number of carbonyl (C=O) groups is 1. The van der Waals surface area contributed by atoms with Crippen molar-refractivity contribution in [1.82, 2.24) is 9.88 Å². The van der Waals surface area contributed by atoms with Crippen molar-refractivity contribution >= 4 is 16.8 Å². The molecule has 100 valence electrons. The van der Waals surface area contributed by atoms with E-state index >= 15 is 0 Å². The molecule has 1 aliphatic heterocycles. The predicted molar refractivity (Wildman–Crippen MR) is 77.5 cm³/mol. The third-order valence-electron chi connectivity index (χ3n) is 4.08. The molecule has 0 spiro atoms. The third kappa shape index (κ3) is 2.03. The van der Waals surface area contributed by atoms with E-state index in [0.29, 0.717) is 0 Å². The Bertz CT molecular complexity index is 621. The summed E-state index contributed by atoms with van der Waals surface area (Å²) in [6.07, 6.45) is 3.51. The Morgan fingerprint density at radius 2 is 1.89 bits per heavy atom. The number of likely N-dealkylation sites (tertiary alicyclic amines) is 1. The zero-order chi connectivity index (χ0) is 13.4. The lowest BCUT2D eigenvalue weighted by molar-refractivity contribution is 0.0725. The highest BCUT2D eigenvalue weighted by Crippen LogP contribution is 2.27. The largest absolute Gasteiger partial charge is 0.358 e. The van der Waals surface area contributed by atoms with E-state index in [0.717, 1.165) is 48.1 Å². The Morgan fingerprint density at radius 1 is 1.16 bits per heavy atom. The van der Waals surface area contributed by atoms with Crippen molar-refractivity contribution in [1.29, 1.82) is 0 Å². The molecule has 2 aromatic rings. The molecule has 1 N–H and O–H groups in total. The van der Waals surface area contributed by atoms with Gasteiger partial charge in [0.2, 0.25) is 0 Å². The first kappa shape index (κ1) is 12.3. The first-order chi connectivity index (χ1) is 9.18. The molecule has 0 radical (unpaired) electrons. The minimum absolute atomic E-state index is 0.192. The van der Waals surface area contributed by atoms with Crippen molar-refractivity contribution in [3.05, 3.63) is 35.0 Å². The van der Waals surface area contributed by atoms with Crippen molar-refractivity contribution in [3.63, 3.8) is 0 Å². The molecule has 1 aliphatic rings. The van der Waals surface area contributed by atoms with Crippen LogP contribution in [-0.4, -0.2) is 28.9 Å². The summed E-state index contributed by atoms with van der Waals surface area (Å²) in [7, 11) is 0. The van der Waals surface area contributed by atoms with E-state index in [1.807, 2.05) is 24.0 Å². The zero-order valence-corrected chi connectivity index (χ0v) is 11.6. The zero-order valence-electron chi connectivity index (χ0n) is 11.6. The van der Waals surface area contributed by atoms with Crippen LogP contribution in [0.25, 0.3) is 10.9 Å². The minimum Gasteiger partial charge on any atom is -0.358 e. The summed E-state index contributed by atoms with van der Waals surface area (Å²) in [5.41, 5.74) is 4.09. The SMILES string of the molecule is Cc1[nH]c2cccc(C)c2c1C(=O)N1CCCCC1. The predicted octanol–water partition coefficient (Wildman–Crippen LogP) is 3.41. The average molecular weight is 256 g/mol. The van der Waals surface area contributed by atoms with Crippen LogP contribution >= 0.6 is 0 Å². The molecular weight excluding hydrogens is 236 g/mol. The fraction of sp³-hybridized carbons (Fsp3) is 0.438. The number of rotatable bonds is 1. The topological polar surface area (TPSA) is 36.1 Å². The number of aromatic nitrogens is 1. The van der Waals surface area contributed by atoms with Gasteiger partial charge in [-0.2, -0.15) is 0 Å².